The van der Waals surface area contributed by atoms with Crippen LogP contribution in [0.3, 0.4) is 0 Å². The van der Waals surface area contributed by atoms with Gasteiger partial charge in [-0.1, -0.05) is 26.0 Å². The molecule has 0 aliphatic rings. The van der Waals surface area contributed by atoms with Crippen molar-refractivity contribution in [1.82, 2.24) is 9.55 Å². The van der Waals surface area contributed by atoms with Crippen molar-refractivity contribution >= 4 is 5.95 Å². The topological polar surface area (TPSA) is 29.9 Å². The van der Waals surface area contributed by atoms with E-state index in [0.29, 0.717) is 12.5 Å². The Hall–Kier alpha value is -1.84. The number of benzene rings is 1. The molecule has 0 spiro atoms. The molecule has 0 fully saturated rings. The van der Waals surface area contributed by atoms with E-state index in [0.717, 1.165) is 23.8 Å². The lowest BCUT2D eigenvalue weighted by Gasteiger charge is -2.11. The summed E-state index contributed by atoms with van der Waals surface area (Å²) < 4.78 is 14.9. The third-order valence-electron chi connectivity index (χ3n) is 2.83. The number of aromatic nitrogens is 2. The van der Waals surface area contributed by atoms with Gasteiger partial charge in [0.25, 0.3) is 0 Å². The molecule has 0 amide bonds. The maximum atomic E-state index is 12.9. The molecule has 1 heterocycles. The van der Waals surface area contributed by atoms with Crippen LogP contribution in [-0.4, -0.2) is 16.1 Å². The van der Waals surface area contributed by atoms with Crippen molar-refractivity contribution in [3.63, 3.8) is 0 Å². The first kappa shape index (κ1) is 13.6. The SMILES string of the molecule is Cc1cn(Cc2ccc(F)cc2)c(NCC(C)C)n1. The van der Waals surface area contributed by atoms with Crippen LogP contribution >= 0.6 is 0 Å². The average Bonchev–Trinajstić information content (AvgIpc) is 2.70. The molecule has 2 aromatic rings. The number of rotatable bonds is 5. The third kappa shape index (κ3) is 3.81. The quantitative estimate of drug-likeness (QED) is 0.893. The minimum atomic E-state index is -0.205. The number of anilines is 1. The van der Waals surface area contributed by atoms with E-state index < -0.39 is 0 Å². The standard InChI is InChI=1S/C15H20FN3/c1-11(2)8-17-15-18-12(3)9-19(15)10-13-4-6-14(16)7-5-13/h4-7,9,11H,8,10H2,1-3H3,(H,17,18). The summed E-state index contributed by atoms with van der Waals surface area (Å²) in [6.07, 6.45) is 2.01. The number of hydrogen-bond donors (Lipinski definition) is 1. The Morgan fingerprint density at radius 3 is 2.58 bits per heavy atom. The summed E-state index contributed by atoms with van der Waals surface area (Å²) in [7, 11) is 0. The van der Waals surface area contributed by atoms with E-state index in [1.165, 1.54) is 12.1 Å². The molecule has 0 unspecified atom stereocenters. The number of imidazole rings is 1. The van der Waals surface area contributed by atoms with Gasteiger partial charge in [0.15, 0.2) is 0 Å². The lowest BCUT2D eigenvalue weighted by atomic mass is 10.2. The van der Waals surface area contributed by atoms with Crippen LogP contribution in [0.15, 0.2) is 30.5 Å². The molecular formula is C15H20FN3. The summed E-state index contributed by atoms with van der Waals surface area (Å²) in [6.45, 7) is 7.88. The first-order valence-corrected chi connectivity index (χ1v) is 6.56. The van der Waals surface area contributed by atoms with Gasteiger partial charge < -0.3 is 9.88 Å². The molecule has 0 bridgehead atoms. The number of halogens is 1. The molecule has 2 rings (SSSR count). The Morgan fingerprint density at radius 2 is 1.95 bits per heavy atom. The summed E-state index contributed by atoms with van der Waals surface area (Å²) >= 11 is 0. The second-order valence-electron chi connectivity index (χ2n) is 5.24. The predicted octanol–water partition coefficient (Wildman–Crippen LogP) is 3.45. The van der Waals surface area contributed by atoms with Crippen LogP contribution in [0.25, 0.3) is 0 Å². The normalized spacial score (nSPS) is 11.0. The predicted molar refractivity (Wildman–Crippen MR) is 75.8 cm³/mol. The maximum Gasteiger partial charge on any atom is 0.203 e. The summed E-state index contributed by atoms with van der Waals surface area (Å²) in [5.41, 5.74) is 2.04. The van der Waals surface area contributed by atoms with Crippen LogP contribution in [0, 0.1) is 18.7 Å². The Bertz CT molecular complexity index is 529. The zero-order valence-corrected chi connectivity index (χ0v) is 11.7. The van der Waals surface area contributed by atoms with Gasteiger partial charge in [-0.05, 0) is 30.5 Å². The molecule has 4 heteroatoms. The van der Waals surface area contributed by atoms with Crippen LogP contribution < -0.4 is 5.32 Å². The van der Waals surface area contributed by atoms with Crippen molar-refractivity contribution in [2.24, 2.45) is 5.92 Å². The van der Waals surface area contributed by atoms with Crippen LogP contribution in [0.4, 0.5) is 10.3 Å². The van der Waals surface area contributed by atoms with Crippen LogP contribution in [0.5, 0.6) is 0 Å². The number of aryl methyl sites for hydroxylation is 1. The van der Waals surface area contributed by atoms with Crippen LogP contribution in [-0.2, 0) is 6.54 Å². The molecule has 19 heavy (non-hydrogen) atoms. The molecule has 0 saturated heterocycles. The molecule has 0 atom stereocenters. The zero-order valence-electron chi connectivity index (χ0n) is 11.7. The number of nitrogens with one attached hydrogen (secondary N) is 1. The minimum Gasteiger partial charge on any atom is -0.355 e. The molecule has 1 aromatic carbocycles. The van der Waals surface area contributed by atoms with Gasteiger partial charge in [-0.15, -0.1) is 0 Å². The van der Waals surface area contributed by atoms with Gasteiger partial charge in [-0.2, -0.15) is 0 Å². The van der Waals surface area contributed by atoms with Gasteiger partial charge in [0.1, 0.15) is 5.82 Å². The molecule has 0 saturated carbocycles. The van der Waals surface area contributed by atoms with Crippen LogP contribution in [0.2, 0.25) is 0 Å². The van der Waals surface area contributed by atoms with E-state index >= 15 is 0 Å². The molecule has 1 N–H and O–H groups in total. The Labute approximate surface area is 113 Å². The van der Waals surface area contributed by atoms with Gasteiger partial charge in [-0.3, -0.25) is 0 Å². The van der Waals surface area contributed by atoms with Gasteiger partial charge in [0.2, 0.25) is 5.95 Å². The first-order chi connectivity index (χ1) is 9.04. The lowest BCUT2D eigenvalue weighted by Crippen LogP contribution is -2.13. The summed E-state index contributed by atoms with van der Waals surface area (Å²) in [5.74, 6) is 1.23. The molecule has 3 nitrogen and oxygen atoms in total. The third-order valence-corrected chi connectivity index (χ3v) is 2.83. The fourth-order valence-corrected chi connectivity index (χ4v) is 1.89. The highest BCUT2D eigenvalue weighted by atomic mass is 19.1. The van der Waals surface area contributed by atoms with E-state index in [-0.39, 0.29) is 5.82 Å². The van der Waals surface area contributed by atoms with Crippen molar-refractivity contribution in [1.29, 1.82) is 0 Å². The van der Waals surface area contributed by atoms with E-state index in [1.54, 1.807) is 12.1 Å². The molecule has 1 aromatic heterocycles. The molecule has 0 aliphatic carbocycles. The zero-order chi connectivity index (χ0) is 13.8. The van der Waals surface area contributed by atoms with Crippen molar-refractivity contribution in [2.45, 2.75) is 27.3 Å². The van der Waals surface area contributed by atoms with E-state index in [2.05, 4.69) is 28.7 Å². The van der Waals surface area contributed by atoms with Gasteiger partial charge >= 0.3 is 0 Å². The van der Waals surface area contributed by atoms with E-state index in [1.807, 2.05) is 13.1 Å². The fourth-order valence-electron chi connectivity index (χ4n) is 1.89. The summed E-state index contributed by atoms with van der Waals surface area (Å²) in [6, 6.07) is 6.58. The van der Waals surface area contributed by atoms with Crippen molar-refractivity contribution in [2.75, 3.05) is 11.9 Å². The second-order valence-corrected chi connectivity index (χ2v) is 5.24. The van der Waals surface area contributed by atoms with E-state index in [4.69, 9.17) is 0 Å². The smallest absolute Gasteiger partial charge is 0.203 e. The molecule has 0 aliphatic heterocycles. The van der Waals surface area contributed by atoms with Crippen LogP contribution in [0.1, 0.15) is 25.1 Å². The lowest BCUT2D eigenvalue weighted by molar-refractivity contribution is 0.626. The molecular weight excluding hydrogens is 241 g/mol. The van der Waals surface area contributed by atoms with E-state index in [9.17, 15) is 4.39 Å². The van der Waals surface area contributed by atoms with Crippen molar-refractivity contribution in [3.8, 4) is 0 Å². The average molecular weight is 261 g/mol. The monoisotopic (exact) mass is 261 g/mol. The number of hydrogen-bond acceptors (Lipinski definition) is 2. The highest BCUT2D eigenvalue weighted by molar-refractivity contribution is 5.30. The highest BCUT2D eigenvalue weighted by Crippen LogP contribution is 2.13. The van der Waals surface area contributed by atoms with Crippen molar-refractivity contribution in [3.05, 3.63) is 47.5 Å². The minimum absolute atomic E-state index is 0.205. The highest BCUT2D eigenvalue weighted by Gasteiger charge is 2.06. The summed E-state index contributed by atoms with van der Waals surface area (Å²) in [4.78, 5) is 4.47. The molecule has 102 valence electrons. The Morgan fingerprint density at radius 1 is 1.26 bits per heavy atom. The van der Waals surface area contributed by atoms with Gasteiger partial charge in [0, 0.05) is 12.7 Å². The Balaban J connectivity index is 2.12. The Kier molecular flexibility index (Phi) is 4.20. The fraction of sp³-hybridized carbons (Fsp3) is 0.400. The van der Waals surface area contributed by atoms with Crippen molar-refractivity contribution < 1.29 is 4.39 Å². The summed E-state index contributed by atoms with van der Waals surface area (Å²) in [5, 5.41) is 3.34. The van der Waals surface area contributed by atoms with Gasteiger partial charge in [0.05, 0.1) is 12.2 Å². The number of nitrogens with zero attached hydrogens (tertiary/aromatic N) is 2. The second kappa shape index (κ2) is 5.87. The van der Waals surface area contributed by atoms with Gasteiger partial charge in [-0.25, -0.2) is 9.37 Å². The maximum absolute atomic E-state index is 12.9. The molecule has 0 radical (unpaired) electrons. The first-order valence-electron chi connectivity index (χ1n) is 6.56. The largest absolute Gasteiger partial charge is 0.355 e.